The fourth-order valence-corrected chi connectivity index (χ4v) is 1.69. The number of halogens is 2. The second kappa shape index (κ2) is 5.52. The fourth-order valence-electron chi connectivity index (χ4n) is 1.56. The van der Waals surface area contributed by atoms with Crippen LogP contribution in [-0.4, -0.2) is 0 Å². The minimum atomic E-state index is -0.413. The highest BCUT2D eigenvalue weighted by molar-refractivity contribution is 6.30. The van der Waals surface area contributed by atoms with E-state index in [2.05, 4.69) is 5.32 Å². The van der Waals surface area contributed by atoms with Gasteiger partial charge in [-0.15, -0.1) is 0 Å². The lowest BCUT2D eigenvalue weighted by molar-refractivity contribution is 0.627. The van der Waals surface area contributed by atoms with E-state index >= 15 is 0 Å². The molecule has 0 radical (unpaired) electrons. The van der Waals surface area contributed by atoms with Crippen LogP contribution in [0.15, 0.2) is 42.5 Å². The highest BCUT2D eigenvalue weighted by Crippen LogP contribution is 2.17. The largest absolute Gasteiger partial charge is 0.380 e. The number of benzene rings is 2. The third kappa shape index (κ3) is 2.99. The summed E-state index contributed by atoms with van der Waals surface area (Å²) in [4.78, 5) is 0. The second-order valence-corrected chi connectivity index (χ2v) is 4.22. The standard InChI is InChI=1S/C14H10ClFN2/c15-12-3-1-10(2-4-12)9-18-14-6-5-13(16)7-11(14)8-17/h1-7,18H,9H2. The third-order valence-electron chi connectivity index (χ3n) is 2.50. The van der Waals surface area contributed by atoms with E-state index in [9.17, 15) is 4.39 Å². The number of nitrogens with one attached hydrogen (secondary N) is 1. The van der Waals surface area contributed by atoms with E-state index in [0.717, 1.165) is 5.56 Å². The van der Waals surface area contributed by atoms with Crippen LogP contribution < -0.4 is 5.32 Å². The Balaban J connectivity index is 2.11. The monoisotopic (exact) mass is 260 g/mol. The molecule has 0 atom stereocenters. The smallest absolute Gasteiger partial charge is 0.124 e. The quantitative estimate of drug-likeness (QED) is 0.907. The lowest BCUT2D eigenvalue weighted by Crippen LogP contribution is -2.01. The molecule has 2 rings (SSSR count). The zero-order chi connectivity index (χ0) is 13.0. The highest BCUT2D eigenvalue weighted by Gasteiger charge is 2.03. The maximum atomic E-state index is 12.9. The summed E-state index contributed by atoms with van der Waals surface area (Å²) < 4.78 is 12.9. The van der Waals surface area contributed by atoms with Gasteiger partial charge >= 0.3 is 0 Å². The van der Waals surface area contributed by atoms with Gasteiger partial charge in [0.1, 0.15) is 11.9 Å². The van der Waals surface area contributed by atoms with Crippen molar-refractivity contribution in [3.05, 3.63) is 64.4 Å². The van der Waals surface area contributed by atoms with Crippen LogP contribution in [-0.2, 0) is 6.54 Å². The van der Waals surface area contributed by atoms with E-state index < -0.39 is 5.82 Å². The minimum Gasteiger partial charge on any atom is -0.380 e. The lowest BCUT2D eigenvalue weighted by Gasteiger charge is -2.08. The van der Waals surface area contributed by atoms with Gasteiger partial charge in [0.2, 0.25) is 0 Å². The molecule has 0 aliphatic heterocycles. The molecule has 90 valence electrons. The van der Waals surface area contributed by atoms with Crippen molar-refractivity contribution in [2.75, 3.05) is 5.32 Å². The third-order valence-corrected chi connectivity index (χ3v) is 2.75. The second-order valence-electron chi connectivity index (χ2n) is 3.78. The molecule has 0 spiro atoms. The van der Waals surface area contributed by atoms with Crippen LogP contribution in [0, 0.1) is 17.1 Å². The first-order valence-corrected chi connectivity index (χ1v) is 5.75. The molecule has 0 saturated carbocycles. The van der Waals surface area contributed by atoms with E-state index in [1.165, 1.54) is 12.1 Å². The first-order valence-electron chi connectivity index (χ1n) is 5.37. The van der Waals surface area contributed by atoms with E-state index in [1.807, 2.05) is 18.2 Å². The molecule has 2 nitrogen and oxygen atoms in total. The predicted octanol–water partition coefficient (Wildman–Crippen LogP) is 3.96. The maximum absolute atomic E-state index is 12.9. The van der Waals surface area contributed by atoms with Crippen molar-refractivity contribution in [1.29, 1.82) is 5.26 Å². The Bertz CT molecular complexity index is 588. The Hall–Kier alpha value is -2.05. The molecule has 4 heteroatoms. The number of hydrogen-bond acceptors (Lipinski definition) is 2. The van der Waals surface area contributed by atoms with Crippen LogP contribution in [0.1, 0.15) is 11.1 Å². The van der Waals surface area contributed by atoms with Crippen molar-refractivity contribution in [3.63, 3.8) is 0 Å². The van der Waals surface area contributed by atoms with Crippen LogP contribution >= 0.6 is 11.6 Å². The molecular formula is C14H10ClFN2. The first kappa shape index (κ1) is 12.4. The molecule has 0 heterocycles. The summed E-state index contributed by atoms with van der Waals surface area (Å²) in [5.41, 5.74) is 1.95. The summed E-state index contributed by atoms with van der Waals surface area (Å²) in [5.74, 6) is -0.413. The van der Waals surface area contributed by atoms with Gasteiger partial charge in [0, 0.05) is 11.6 Å². The van der Waals surface area contributed by atoms with Crippen LogP contribution in [0.25, 0.3) is 0 Å². The van der Waals surface area contributed by atoms with Crippen LogP contribution in [0.5, 0.6) is 0 Å². The van der Waals surface area contributed by atoms with Crippen LogP contribution in [0.3, 0.4) is 0 Å². The molecule has 0 saturated heterocycles. The lowest BCUT2D eigenvalue weighted by atomic mass is 10.1. The van der Waals surface area contributed by atoms with Gasteiger partial charge in [0.25, 0.3) is 0 Å². The van der Waals surface area contributed by atoms with Gasteiger partial charge in [-0.25, -0.2) is 4.39 Å². The summed E-state index contributed by atoms with van der Waals surface area (Å²) in [7, 11) is 0. The van der Waals surface area contributed by atoms with E-state index in [1.54, 1.807) is 18.2 Å². The van der Waals surface area contributed by atoms with Crippen molar-refractivity contribution in [3.8, 4) is 6.07 Å². The van der Waals surface area contributed by atoms with E-state index in [0.29, 0.717) is 22.8 Å². The molecule has 1 N–H and O–H groups in total. The first-order chi connectivity index (χ1) is 8.69. The Labute approximate surface area is 110 Å². The van der Waals surface area contributed by atoms with Crippen molar-refractivity contribution in [1.82, 2.24) is 0 Å². The fraction of sp³-hybridized carbons (Fsp3) is 0.0714. The topological polar surface area (TPSA) is 35.8 Å². The van der Waals surface area contributed by atoms with Gasteiger partial charge in [-0.3, -0.25) is 0 Å². The summed E-state index contributed by atoms with van der Waals surface area (Å²) in [6.45, 7) is 0.553. The zero-order valence-corrected chi connectivity index (χ0v) is 10.2. The van der Waals surface area contributed by atoms with Crippen molar-refractivity contribution in [2.24, 2.45) is 0 Å². The molecular weight excluding hydrogens is 251 g/mol. The number of nitriles is 1. The van der Waals surface area contributed by atoms with Gasteiger partial charge in [-0.2, -0.15) is 5.26 Å². The van der Waals surface area contributed by atoms with Crippen molar-refractivity contribution >= 4 is 17.3 Å². The summed E-state index contributed by atoms with van der Waals surface area (Å²) in [6, 6.07) is 13.4. The van der Waals surface area contributed by atoms with Gasteiger partial charge in [0.15, 0.2) is 0 Å². The molecule has 0 unspecified atom stereocenters. The van der Waals surface area contributed by atoms with Crippen LogP contribution in [0.4, 0.5) is 10.1 Å². The number of hydrogen-bond donors (Lipinski definition) is 1. The van der Waals surface area contributed by atoms with Gasteiger partial charge < -0.3 is 5.32 Å². The molecule has 0 fully saturated rings. The van der Waals surface area contributed by atoms with E-state index in [-0.39, 0.29) is 0 Å². The molecule has 0 bridgehead atoms. The molecule has 2 aromatic rings. The normalized spacial score (nSPS) is 9.83. The molecule has 18 heavy (non-hydrogen) atoms. The minimum absolute atomic E-state index is 0.295. The maximum Gasteiger partial charge on any atom is 0.124 e. The zero-order valence-electron chi connectivity index (χ0n) is 9.45. The van der Waals surface area contributed by atoms with Crippen LogP contribution in [0.2, 0.25) is 5.02 Å². The molecule has 0 aliphatic carbocycles. The molecule has 2 aromatic carbocycles. The molecule has 0 amide bonds. The average Bonchev–Trinajstić information content (AvgIpc) is 2.39. The number of nitrogens with zero attached hydrogens (tertiary/aromatic N) is 1. The highest BCUT2D eigenvalue weighted by atomic mass is 35.5. The summed E-state index contributed by atoms with van der Waals surface area (Å²) >= 11 is 5.79. The Morgan fingerprint density at radius 2 is 1.89 bits per heavy atom. The van der Waals surface area contributed by atoms with Crippen molar-refractivity contribution in [2.45, 2.75) is 6.54 Å². The van der Waals surface area contributed by atoms with Crippen molar-refractivity contribution < 1.29 is 4.39 Å². The Morgan fingerprint density at radius 1 is 1.17 bits per heavy atom. The SMILES string of the molecule is N#Cc1cc(F)ccc1NCc1ccc(Cl)cc1. The summed E-state index contributed by atoms with van der Waals surface area (Å²) in [6.07, 6.45) is 0. The van der Waals surface area contributed by atoms with E-state index in [4.69, 9.17) is 16.9 Å². The van der Waals surface area contributed by atoms with Gasteiger partial charge in [-0.05, 0) is 35.9 Å². The molecule has 0 aliphatic rings. The number of anilines is 1. The Kier molecular flexibility index (Phi) is 3.81. The van der Waals surface area contributed by atoms with Gasteiger partial charge in [0.05, 0.1) is 11.3 Å². The predicted molar refractivity (Wildman–Crippen MR) is 69.9 cm³/mol. The van der Waals surface area contributed by atoms with Gasteiger partial charge in [-0.1, -0.05) is 23.7 Å². The number of rotatable bonds is 3. The average molecular weight is 261 g/mol. The summed E-state index contributed by atoms with van der Waals surface area (Å²) in [5, 5.41) is 12.7. The Morgan fingerprint density at radius 3 is 2.56 bits per heavy atom. The molecule has 0 aromatic heterocycles.